The van der Waals surface area contributed by atoms with Gasteiger partial charge < -0.3 is 5.32 Å². The normalized spacial score (nSPS) is 15.0. The van der Waals surface area contributed by atoms with Crippen molar-refractivity contribution >= 4 is 0 Å². The summed E-state index contributed by atoms with van der Waals surface area (Å²) in [6, 6.07) is 3.79. The highest BCUT2D eigenvalue weighted by atomic mass is 19.1. The average Bonchev–Trinajstić information content (AvgIpc) is 2.29. The maximum atomic E-state index is 13.5. The number of nitrogens with one attached hydrogen (secondary N) is 1. The minimum absolute atomic E-state index is 0.159. The first-order valence-electron chi connectivity index (χ1n) is 6.07. The van der Waals surface area contributed by atoms with Crippen LogP contribution in [-0.2, 0) is 6.42 Å². The summed E-state index contributed by atoms with van der Waals surface area (Å²) in [4.78, 5) is 0. The van der Waals surface area contributed by atoms with E-state index >= 15 is 0 Å². The zero-order valence-electron chi connectivity index (χ0n) is 10.9. The smallest absolute Gasteiger partial charge is 0.126 e. The minimum atomic E-state index is -0.381. The molecule has 96 valence electrons. The molecule has 3 heteroatoms. The monoisotopic (exact) mass is 241 g/mol. The van der Waals surface area contributed by atoms with Crippen molar-refractivity contribution in [3.63, 3.8) is 0 Å². The van der Waals surface area contributed by atoms with E-state index in [9.17, 15) is 8.78 Å². The first-order chi connectivity index (χ1) is 7.95. The van der Waals surface area contributed by atoms with Crippen molar-refractivity contribution in [1.29, 1.82) is 0 Å². The van der Waals surface area contributed by atoms with Gasteiger partial charge in [-0.25, -0.2) is 8.78 Å². The summed E-state index contributed by atoms with van der Waals surface area (Å²) in [5.74, 6) is 0.197. The highest BCUT2D eigenvalue weighted by molar-refractivity contribution is 5.20. The second-order valence-corrected chi connectivity index (χ2v) is 4.94. The quantitative estimate of drug-likeness (QED) is 0.833. The van der Waals surface area contributed by atoms with Crippen LogP contribution in [-0.4, -0.2) is 13.1 Å². The van der Waals surface area contributed by atoms with Gasteiger partial charge >= 0.3 is 0 Å². The van der Waals surface area contributed by atoms with Gasteiger partial charge in [-0.05, 0) is 49.1 Å². The van der Waals surface area contributed by atoms with Gasteiger partial charge in [-0.2, -0.15) is 0 Å². The zero-order chi connectivity index (χ0) is 13.0. The van der Waals surface area contributed by atoms with Crippen LogP contribution >= 0.6 is 0 Å². The molecule has 0 aliphatic heterocycles. The van der Waals surface area contributed by atoms with Crippen molar-refractivity contribution in [1.82, 2.24) is 5.32 Å². The van der Waals surface area contributed by atoms with Crippen LogP contribution in [0.4, 0.5) is 8.78 Å². The Labute approximate surface area is 102 Å². The number of likely N-dealkylation sites (N-methyl/N-ethyl adjacent to an activating group) is 1. The van der Waals surface area contributed by atoms with Gasteiger partial charge in [0.25, 0.3) is 0 Å². The number of hydrogen-bond donors (Lipinski definition) is 1. The second-order valence-electron chi connectivity index (χ2n) is 4.94. The molecule has 0 aliphatic carbocycles. The molecular formula is C14H21F2N. The molecule has 0 radical (unpaired) electrons. The fraction of sp³-hybridized carbons (Fsp3) is 0.571. The molecule has 0 spiro atoms. The average molecular weight is 241 g/mol. The molecule has 17 heavy (non-hydrogen) atoms. The van der Waals surface area contributed by atoms with E-state index in [0.717, 1.165) is 6.07 Å². The highest BCUT2D eigenvalue weighted by Gasteiger charge is 2.20. The van der Waals surface area contributed by atoms with Crippen LogP contribution in [0.5, 0.6) is 0 Å². The van der Waals surface area contributed by atoms with Gasteiger partial charge in [0.2, 0.25) is 0 Å². The molecule has 2 unspecified atom stereocenters. The van der Waals surface area contributed by atoms with E-state index in [0.29, 0.717) is 23.8 Å². The van der Waals surface area contributed by atoms with Gasteiger partial charge in [0.15, 0.2) is 0 Å². The van der Waals surface area contributed by atoms with Crippen molar-refractivity contribution in [2.24, 2.45) is 11.8 Å². The molecule has 0 fully saturated rings. The highest BCUT2D eigenvalue weighted by Crippen LogP contribution is 2.20. The Morgan fingerprint density at radius 3 is 2.35 bits per heavy atom. The van der Waals surface area contributed by atoms with Crippen molar-refractivity contribution < 1.29 is 8.78 Å². The Morgan fingerprint density at radius 2 is 1.82 bits per heavy atom. The molecular weight excluding hydrogens is 220 g/mol. The van der Waals surface area contributed by atoms with Crippen LogP contribution in [0.1, 0.15) is 26.3 Å². The third-order valence-corrected chi connectivity index (χ3v) is 3.50. The second kappa shape index (κ2) is 6.10. The van der Waals surface area contributed by atoms with Crippen LogP contribution in [0.15, 0.2) is 18.2 Å². The molecule has 0 aromatic heterocycles. The van der Waals surface area contributed by atoms with E-state index in [-0.39, 0.29) is 17.7 Å². The van der Waals surface area contributed by atoms with Crippen molar-refractivity contribution in [2.75, 3.05) is 7.05 Å². The van der Waals surface area contributed by atoms with Crippen LogP contribution in [0.3, 0.4) is 0 Å². The summed E-state index contributed by atoms with van der Waals surface area (Å²) in [6.07, 6.45) is 0.513. The molecule has 0 amide bonds. The Bertz CT molecular complexity index is 363. The molecule has 1 rings (SSSR count). The topological polar surface area (TPSA) is 12.0 Å². The predicted octanol–water partition coefficient (Wildman–Crippen LogP) is 3.39. The Morgan fingerprint density at radius 1 is 1.18 bits per heavy atom. The van der Waals surface area contributed by atoms with Crippen molar-refractivity contribution in [2.45, 2.75) is 33.2 Å². The van der Waals surface area contributed by atoms with E-state index in [1.54, 1.807) is 0 Å². The third kappa shape index (κ3) is 3.77. The molecule has 0 saturated heterocycles. The predicted molar refractivity (Wildman–Crippen MR) is 66.9 cm³/mol. The maximum Gasteiger partial charge on any atom is 0.126 e. The number of halogens is 2. The molecule has 1 aromatic rings. The van der Waals surface area contributed by atoms with Gasteiger partial charge in [-0.1, -0.05) is 20.8 Å². The summed E-state index contributed by atoms with van der Waals surface area (Å²) >= 11 is 0. The molecule has 0 bridgehead atoms. The lowest BCUT2D eigenvalue weighted by Gasteiger charge is -2.27. The van der Waals surface area contributed by atoms with E-state index in [2.05, 4.69) is 26.1 Å². The minimum Gasteiger partial charge on any atom is -0.316 e. The van der Waals surface area contributed by atoms with Gasteiger partial charge in [-0.3, -0.25) is 0 Å². The molecule has 1 N–H and O–H groups in total. The van der Waals surface area contributed by atoms with Crippen LogP contribution in [0, 0.1) is 23.5 Å². The molecule has 1 aromatic carbocycles. The molecule has 0 saturated carbocycles. The van der Waals surface area contributed by atoms with E-state index in [4.69, 9.17) is 0 Å². The lowest BCUT2D eigenvalue weighted by Crippen LogP contribution is -2.36. The van der Waals surface area contributed by atoms with Gasteiger partial charge in [0.05, 0.1) is 0 Å². The van der Waals surface area contributed by atoms with E-state index < -0.39 is 0 Å². The largest absolute Gasteiger partial charge is 0.316 e. The summed E-state index contributed by atoms with van der Waals surface area (Å²) in [7, 11) is 1.86. The lowest BCUT2D eigenvalue weighted by atomic mass is 9.86. The van der Waals surface area contributed by atoms with Crippen LogP contribution in [0.25, 0.3) is 0 Å². The lowest BCUT2D eigenvalue weighted by molar-refractivity contribution is 0.307. The van der Waals surface area contributed by atoms with E-state index in [1.165, 1.54) is 12.1 Å². The van der Waals surface area contributed by atoms with Crippen LogP contribution < -0.4 is 5.32 Å². The SMILES string of the molecule is CNC(Cc1cc(F)ccc1F)C(C)C(C)C. The molecule has 0 heterocycles. The zero-order valence-corrected chi connectivity index (χ0v) is 10.9. The van der Waals surface area contributed by atoms with Gasteiger partial charge in [0.1, 0.15) is 11.6 Å². The first kappa shape index (κ1) is 14.1. The standard InChI is InChI=1S/C14H21F2N/c1-9(2)10(3)14(17-4)8-11-7-12(15)5-6-13(11)16/h5-7,9-10,14,17H,8H2,1-4H3. The third-order valence-electron chi connectivity index (χ3n) is 3.50. The van der Waals surface area contributed by atoms with Crippen LogP contribution in [0.2, 0.25) is 0 Å². The molecule has 1 nitrogen and oxygen atoms in total. The first-order valence-corrected chi connectivity index (χ1v) is 6.07. The Balaban J connectivity index is 2.83. The van der Waals surface area contributed by atoms with E-state index in [1.807, 2.05) is 7.05 Å². The molecule has 0 aliphatic rings. The van der Waals surface area contributed by atoms with Gasteiger partial charge in [-0.15, -0.1) is 0 Å². The summed E-state index contributed by atoms with van der Waals surface area (Å²) in [5, 5.41) is 3.19. The summed E-state index contributed by atoms with van der Waals surface area (Å²) in [6.45, 7) is 6.40. The number of hydrogen-bond acceptors (Lipinski definition) is 1. The number of rotatable bonds is 5. The summed E-state index contributed by atoms with van der Waals surface area (Å²) in [5.41, 5.74) is 0.442. The maximum absolute atomic E-state index is 13.5. The fourth-order valence-electron chi connectivity index (χ4n) is 1.95. The van der Waals surface area contributed by atoms with Crippen molar-refractivity contribution in [3.8, 4) is 0 Å². The Hall–Kier alpha value is -0.960. The summed E-state index contributed by atoms with van der Waals surface area (Å²) < 4.78 is 26.6. The molecule has 2 atom stereocenters. The number of benzene rings is 1. The fourth-order valence-corrected chi connectivity index (χ4v) is 1.95. The van der Waals surface area contributed by atoms with Gasteiger partial charge in [0, 0.05) is 6.04 Å². The Kier molecular flexibility index (Phi) is 5.06. The van der Waals surface area contributed by atoms with Crippen molar-refractivity contribution in [3.05, 3.63) is 35.4 Å².